The zero-order chi connectivity index (χ0) is 20.0. The molecule has 0 unspecified atom stereocenters. The Kier molecular flexibility index (Phi) is 6.17. The van der Waals surface area contributed by atoms with Crippen LogP contribution < -0.4 is 10.6 Å². The number of halogens is 3. The van der Waals surface area contributed by atoms with Crippen LogP contribution in [-0.2, 0) is 20.5 Å². The molecular weight excluding hydrogens is 365 g/mol. The molecule has 2 aromatic carbocycles. The first kappa shape index (κ1) is 20.0. The predicted molar refractivity (Wildman–Crippen MR) is 91.1 cm³/mol. The Morgan fingerprint density at radius 1 is 0.963 bits per heavy atom. The minimum absolute atomic E-state index is 0.242. The van der Waals surface area contributed by atoms with Gasteiger partial charge in [0.05, 0.1) is 11.1 Å². The van der Waals surface area contributed by atoms with Crippen LogP contribution in [0.25, 0.3) is 0 Å². The van der Waals surface area contributed by atoms with Gasteiger partial charge in [-0.2, -0.15) is 13.2 Å². The lowest BCUT2D eigenvalue weighted by Crippen LogP contribution is -2.21. The fourth-order valence-corrected chi connectivity index (χ4v) is 2.07. The van der Waals surface area contributed by atoms with Crippen LogP contribution >= 0.6 is 0 Å². The van der Waals surface area contributed by atoms with Crippen LogP contribution in [-0.4, -0.2) is 24.4 Å². The number of benzene rings is 2. The maximum absolute atomic E-state index is 12.6. The minimum atomic E-state index is -4.59. The molecule has 27 heavy (non-hydrogen) atoms. The van der Waals surface area contributed by atoms with Gasteiger partial charge in [-0.05, 0) is 42.5 Å². The topological polar surface area (TPSA) is 84.5 Å². The van der Waals surface area contributed by atoms with E-state index in [-0.39, 0.29) is 11.5 Å². The van der Waals surface area contributed by atoms with Gasteiger partial charge >= 0.3 is 12.1 Å². The van der Waals surface area contributed by atoms with Gasteiger partial charge in [-0.25, -0.2) is 4.79 Å². The van der Waals surface area contributed by atoms with Gasteiger partial charge in [-0.1, -0.05) is 6.07 Å². The van der Waals surface area contributed by atoms with E-state index in [4.69, 9.17) is 4.74 Å². The highest BCUT2D eigenvalue weighted by Crippen LogP contribution is 2.29. The molecule has 2 aromatic rings. The maximum atomic E-state index is 12.6. The van der Waals surface area contributed by atoms with Crippen LogP contribution in [0.4, 0.5) is 24.5 Å². The molecule has 9 heteroatoms. The molecule has 0 spiro atoms. The molecule has 0 aliphatic heterocycles. The third-order valence-electron chi connectivity index (χ3n) is 3.25. The van der Waals surface area contributed by atoms with Crippen molar-refractivity contribution in [3.8, 4) is 0 Å². The third-order valence-corrected chi connectivity index (χ3v) is 3.25. The molecule has 2 amide bonds. The summed E-state index contributed by atoms with van der Waals surface area (Å²) in [7, 11) is 0. The number of hydrogen-bond donors (Lipinski definition) is 2. The number of carbonyl (C=O) groups is 3. The summed E-state index contributed by atoms with van der Waals surface area (Å²) in [6.45, 7) is 0.691. The molecule has 0 aliphatic rings. The molecule has 6 nitrogen and oxygen atoms in total. The van der Waals surface area contributed by atoms with Crippen molar-refractivity contribution in [2.24, 2.45) is 0 Å². The number of alkyl halides is 3. The van der Waals surface area contributed by atoms with E-state index in [2.05, 4.69) is 10.6 Å². The molecule has 0 bridgehead atoms. The number of hydrogen-bond acceptors (Lipinski definition) is 4. The van der Waals surface area contributed by atoms with Crippen LogP contribution in [0.5, 0.6) is 0 Å². The first-order valence-electron chi connectivity index (χ1n) is 7.67. The second-order valence-corrected chi connectivity index (χ2v) is 5.46. The standard InChI is InChI=1S/C18H15F3N2O4/c1-11(24)22-14-5-7-15(8-6-14)23-16(25)10-27-17(26)12-3-2-4-13(9-12)18(19,20)21/h2-9H,10H2,1H3,(H,22,24)(H,23,25). The number of rotatable bonds is 5. The van der Waals surface area contributed by atoms with Gasteiger partial charge in [-0.15, -0.1) is 0 Å². The lowest BCUT2D eigenvalue weighted by molar-refractivity contribution is -0.137. The van der Waals surface area contributed by atoms with Crippen molar-refractivity contribution in [1.82, 2.24) is 0 Å². The number of esters is 1. The van der Waals surface area contributed by atoms with E-state index < -0.39 is 30.2 Å². The summed E-state index contributed by atoms with van der Waals surface area (Å²) in [6, 6.07) is 9.90. The molecule has 142 valence electrons. The molecule has 0 aliphatic carbocycles. The van der Waals surface area contributed by atoms with Crippen molar-refractivity contribution < 1.29 is 32.3 Å². The molecule has 0 aromatic heterocycles. The normalized spacial score (nSPS) is 10.8. The van der Waals surface area contributed by atoms with Crippen LogP contribution in [0.15, 0.2) is 48.5 Å². The fraction of sp³-hybridized carbons (Fsp3) is 0.167. The van der Waals surface area contributed by atoms with Gasteiger partial charge in [0.15, 0.2) is 6.61 Å². The fourth-order valence-electron chi connectivity index (χ4n) is 2.07. The van der Waals surface area contributed by atoms with Crippen molar-refractivity contribution in [3.63, 3.8) is 0 Å². The SMILES string of the molecule is CC(=O)Nc1ccc(NC(=O)COC(=O)c2cccc(C(F)(F)F)c2)cc1. The summed E-state index contributed by atoms with van der Waals surface area (Å²) >= 11 is 0. The minimum Gasteiger partial charge on any atom is -0.452 e. The van der Waals surface area contributed by atoms with Crippen LogP contribution in [0, 0.1) is 0 Å². The molecule has 0 fully saturated rings. The highest BCUT2D eigenvalue weighted by Gasteiger charge is 2.31. The summed E-state index contributed by atoms with van der Waals surface area (Å²) in [4.78, 5) is 34.5. The van der Waals surface area contributed by atoms with Gasteiger partial charge in [0.25, 0.3) is 5.91 Å². The van der Waals surface area contributed by atoms with Crippen LogP contribution in [0.1, 0.15) is 22.8 Å². The van der Waals surface area contributed by atoms with Crippen molar-refractivity contribution in [2.75, 3.05) is 17.2 Å². The smallest absolute Gasteiger partial charge is 0.416 e. The lowest BCUT2D eigenvalue weighted by atomic mass is 10.1. The van der Waals surface area contributed by atoms with E-state index in [1.807, 2.05) is 0 Å². The Bertz CT molecular complexity index is 848. The van der Waals surface area contributed by atoms with Crippen molar-refractivity contribution >= 4 is 29.2 Å². The summed E-state index contributed by atoms with van der Waals surface area (Å²) in [5.41, 5.74) is -0.362. The summed E-state index contributed by atoms with van der Waals surface area (Å²) in [5.74, 6) is -1.95. The Morgan fingerprint density at radius 3 is 2.11 bits per heavy atom. The summed E-state index contributed by atoms with van der Waals surface area (Å²) < 4.78 is 42.7. The molecule has 0 heterocycles. The number of amides is 2. The average Bonchev–Trinajstić information content (AvgIpc) is 2.60. The molecule has 0 saturated carbocycles. The zero-order valence-electron chi connectivity index (χ0n) is 14.1. The van der Waals surface area contributed by atoms with Crippen molar-refractivity contribution in [2.45, 2.75) is 13.1 Å². The third kappa shape index (κ3) is 6.14. The monoisotopic (exact) mass is 380 g/mol. The summed E-state index contributed by atoms with van der Waals surface area (Å²) in [6.07, 6.45) is -4.59. The van der Waals surface area contributed by atoms with E-state index in [1.54, 1.807) is 12.1 Å². The first-order valence-corrected chi connectivity index (χ1v) is 7.67. The maximum Gasteiger partial charge on any atom is 0.416 e. The molecule has 0 saturated heterocycles. The highest BCUT2D eigenvalue weighted by molar-refractivity contribution is 5.96. The predicted octanol–water partition coefficient (Wildman–Crippen LogP) is 3.46. The van der Waals surface area contributed by atoms with Gasteiger partial charge in [0, 0.05) is 18.3 Å². The van der Waals surface area contributed by atoms with E-state index >= 15 is 0 Å². The number of ether oxygens (including phenoxy) is 1. The zero-order valence-corrected chi connectivity index (χ0v) is 14.1. The number of nitrogens with one attached hydrogen (secondary N) is 2. The lowest BCUT2D eigenvalue weighted by Gasteiger charge is -2.09. The number of carbonyl (C=O) groups excluding carboxylic acids is 3. The van der Waals surface area contributed by atoms with Gasteiger partial charge in [0.2, 0.25) is 5.91 Å². The first-order chi connectivity index (χ1) is 12.6. The van der Waals surface area contributed by atoms with Gasteiger partial charge in [0.1, 0.15) is 0 Å². The Morgan fingerprint density at radius 2 is 1.56 bits per heavy atom. The highest BCUT2D eigenvalue weighted by atomic mass is 19.4. The second kappa shape index (κ2) is 8.35. The molecule has 2 N–H and O–H groups in total. The molecule has 0 atom stereocenters. The summed E-state index contributed by atoms with van der Waals surface area (Å²) in [5, 5.41) is 5.01. The van der Waals surface area contributed by atoms with E-state index in [1.165, 1.54) is 19.1 Å². The molecule has 2 rings (SSSR count). The molecular formula is C18H15F3N2O4. The number of anilines is 2. The quantitative estimate of drug-likeness (QED) is 0.778. The van der Waals surface area contributed by atoms with E-state index in [0.29, 0.717) is 17.4 Å². The van der Waals surface area contributed by atoms with Crippen LogP contribution in [0.3, 0.4) is 0 Å². The largest absolute Gasteiger partial charge is 0.452 e. The Labute approximate surface area is 152 Å². The second-order valence-electron chi connectivity index (χ2n) is 5.46. The van der Waals surface area contributed by atoms with Crippen molar-refractivity contribution in [3.05, 3.63) is 59.7 Å². The van der Waals surface area contributed by atoms with E-state index in [0.717, 1.165) is 18.2 Å². The van der Waals surface area contributed by atoms with Gasteiger partial charge in [-0.3, -0.25) is 9.59 Å². The van der Waals surface area contributed by atoms with Gasteiger partial charge < -0.3 is 15.4 Å². The average molecular weight is 380 g/mol. The Hall–Kier alpha value is -3.36. The van der Waals surface area contributed by atoms with E-state index in [9.17, 15) is 27.6 Å². The Balaban J connectivity index is 1.90. The van der Waals surface area contributed by atoms with Crippen molar-refractivity contribution in [1.29, 1.82) is 0 Å². The van der Waals surface area contributed by atoms with Crippen LogP contribution in [0.2, 0.25) is 0 Å². The molecule has 0 radical (unpaired) electrons.